The van der Waals surface area contributed by atoms with Crippen molar-refractivity contribution in [3.05, 3.63) is 182 Å². The fourth-order valence-electron chi connectivity index (χ4n) is 8.37. The largest absolute Gasteiger partial charge is 0.436 e. The van der Waals surface area contributed by atoms with E-state index in [1.165, 1.54) is 21.8 Å². The van der Waals surface area contributed by atoms with Crippen LogP contribution >= 0.6 is 0 Å². The zero-order chi connectivity index (χ0) is 36.7. The highest BCUT2D eigenvalue weighted by Gasteiger charge is 2.18. The van der Waals surface area contributed by atoms with Crippen LogP contribution in [0.3, 0.4) is 0 Å². The van der Waals surface area contributed by atoms with Gasteiger partial charge in [-0.3, -0.25) is 0 Å². The molecule has 0 unspecified atom stereocenters. The summed E-state index contributed by atoms with van der Waals surface area (Å²) in [5.41, 5.74) is 14.1. The second-order valence-electron chi connectivity index (χ2n) is 14.2. The molecule has 0 saturated carbocycles. The molecule has 4 aromatic heterocycles. The highest BCUT2D eigenvalue weighted by atomic mass is 16.4. The van der Waals surface area contributed by atoms with Gasteiger partial charge in [0.25, 0.3) is 0 Å². The molecular formula is C50H30N4O2. The second kappa shape index (κ2) is 11.9. The Balaban J connectivity index is 0.960. The van der Waals surface area contributed by atoms with Crippen LogP contribution in [-0.4, -0.2) is 19.1 Å². The Hall–Kier alpha value is -7.70. The molecule has 0 atom stereocenters. The van der Waals surface area contributed by atoms with Crippen molar-refractivity contribution in [2.75, 3.05) is 0 Å². The van der Waals surface area contributed by atoms with Crippen molar-refractivity contribution < 1.29 is 8.83 Å². The van der Waals surface area contributed by atoms with E-state index in [1.807, 2.05) is 48.5 Å². The lowest BCUT2D eigenvalue weighted by Gasteiger charge is -2.11. The minimum Gasteiger partial charge on any atom is -0.436 e. The van der Waals surface area contributed by atoms with Crippen LogP contribution in [0.25, 0.3) is 111 Å². The first-order valence-electron chi connectivity index (χ1n) is 18.7. The zero-order valence-electron chi connectivity index (χ0n) is 29.9. The van der Waals surface area contributed by atoms with Crippen LogP contribution in [0.5, 0.6) is 0 Å². The first-order chi connectivity index (χ1) is 27.7. The molecule has 0 saturated heterocycles. The maximum Gasteiger partial charge on any atom is 0.227 e. The van der Waals surface area contributed by atoms with Gasteiger partial charge in [-0.1, -0.05) is 84.9 Å². The molecule has 8 aromatic carbocycles. The highest BCUT2D eigenvalue weighted by molar-refractivity contribution is 6.12. The fraction of sp³-hybridized carbons (Fsp3) is 0. The average Bonchev–Trinajstić information content (AvgIpc) is 4.04. The molecule has 262 valence electrons. The van der Waals surface area contributed by atoms with E-state index in [2.05, 4.69) is 143 Å². The van der Waals surface area contributed by atoms with E-state index in [0.29, 0.717) is 11.8 Å². The molecular weight excluding hydrogens is 689 g/mol. The normalized spacial score (nSPS) is 11.9. The van der Waals surface area contributed by atoms with Crippen molar-refractivity contribution in [2.24, 2.45) is 0 Å². The Morgan fingerprint density at radius 1 is 0.321 bits per heavy atom. The highest BCUT2D eigenvalue weighted by Crippen LogP contribution is 2.39. The summed E-state index contributed by atoms with van der Waals surface area (Å²) in [5.74, 6) is 1.19. The van der Waals surface area contributed by atoms with E-state index in [-0.39, 0.29) is 0 Å². The van der Waals surface area contributed by atoms with E-state index in [4.69, 9.17) is 18.8 Å². The lowest BCUT2D eigenvalue weighted by atomic mass is 10.0. The number of para-hydroxylation sites is 6. The topological polar surface area (TPSA) is 61.9 Å². The molecule has 0 amide bonds. The van der Waals surface area contributed by atoms with Gasteiger partial charge >= 0.3 is 0 Å². The minimum absolute atomic E-state index is 0.595. The minimum atomic E-state index is 0.595. The fourth-order valence-corrected chi connectivity index (χ4v) is 8.37. The van der Waals surface area contributed by atoms with Crippen LogP contribution < -0.4 is 0 Å². The van der Waals surface area contributed by atoms with Gasteiger partial charge in [-0.25, -0.2) is 9.97 Å². The van der Waals surface area contributed by atoms with Crippen LogP contribution in [0.1, 0.15) is 0 Å². The molecule has 4 heterocycles. The summed E-state index contributed by atoms with van der Waals surface area (Å²) in [6, 6.07) is 63.6. The Kier molecular flexibility index (Phi) is 6.53. The summed E-state index contributed by atoms with van der Waals surface area (Å²) in [6.07, 6.45) is 0. The summed E-state index contributed by atoms with van der Waals surface area (Å²) in [4.78, 5) is 9.62. The van der Waals surface area contributed by atoms with Crippen molar-refractivity contribution in [3.8, 4) is 45.4 Å². The summed E-state index contributed by atoms with van der Waals surface area (Å²) >= 11 is 0. The summed E-state index contributed by atoms with van der Waals surface area (Å²) in [5, 5.41) is 4.69. The van der Waals surface area contributed by atoms with Crippen molar-refractivity contribution in [2.45, 2.75) is 0 Å². The van der Waals surface area contributed by atoms with E-state index in [9.17, 15) is 0 Å². The third kappa shape index (κ3) is 4.69. The Bertz CT molecular complexity index is 3220. The van der Waals surface area contributed by atoms with Gasteiger partial charge < -0.3 is 18.0 Å². The molecule has 12 rings (SSSR count). The average molecular weight is 719 g/mol. The summed E-state index contributed by atoms with van der Waals surface area (Å²) in [6.45, 7) is 0. The molecule has 0 N–H and O–H groups in total. The molecule has 0 aliphatic rings. The number of nitrogens with zero attached hydrogens (tertiary/aromatic N) is 4. The first-order valence-corrected chi connectivity index (χ1v) is 18.7. The maximum absolute atomic E-state index is 6.21. The molecule has 56 heavy (non-hydrogen) atoms. The Morgan fingerprint density at radius 2 is 0.696 bits per heavy atom. The Labute approximate surface area is 320 Å². The molecule has 6 heteroatoms. The van der Waals surface area contributed by atoms with Crippen LogP contribution in [-0.2, 0) is 0 Å². The predicted molar refractivity (Wildman–Crippen MR) is 227 cm³/mol. The van der Waals surface area contributed by atoms with Crippen molar-refractivity contribution in [3.63, 3.8) is 0 Å². The van der Waals surface area contributed by atoms with Crippen LogP contribution in [0.4, 0.5) is 0 Å². The summed E-state index contributed by atoms with van der Waals surface area (Å²) in [7, 11) is 0. The van der Waals surface area contributed by atoms with Crippen LogP contribution in [0.2, 0.25) is 0 Å². The Morgan fingerprint density at radius 3 is 1.14 bits per heavy atom. The molecule has 0 aliphatic heterocycles. The van der Waals surface area contributed by atoms with Gasteiger partial charge in [0, 0.05) is 44.0 Å². The van der Waals surface area contributed by atoms with E-state index in [0.717, 1.165) is 77.6 Å². The molecule has 6 nitrogen and oxygen atoms in total. The lowest BCUT2D eigenvalue weighted by molar-refractivity contribution is 0.619. The number of aromatic nitrogens is 4. The van der Waals surface area contributed by atoms with Gasteiger partial charge in [0.2, 0.25) is 11.8 Å². The van der Waals surface area contributed by atoms with E-state index < -0.39 is 0 Å². The van der Waals surface area contributed by atoms with E-state index >= 15 is 0 Å². The maximum atomic E-state index is 6.21. The number of fused-ring (bicyclic) bond motifs is 8. The van der Waals surface area contributed by atoms with Gasteiger partial charge in [0.15, 0.2) is 11.2 Å². The third-order valence-corrected chi connectivity index (χ3v) is 11.0. The monoisotopic (exact) mass is 718 g/mol. The quantitative estimate of drug-likeness (QED) is 0.178. The summed E-state index contributed by atoms with van der Waals surface area (Å²) < 4.78 is 17.1. The first kappa shape index (κ1) is 30.7. The number of oxazole rings is 2. The second-order valence-corrected chi connectivity index (χ2v) is 14.2. The van der Waals surface area contributed by atoms with Crippen molar-refractivity contribution in [1.29, 1.82) is 0 Å². The van der Waals surface area contributed by atoms with Crippen LogP contribution in [0, 0.1) is 0 Å². The lowest BCUT2D eigenvalue weighted by Crippen LogP contribution is -1.95. The third-order valence-electron chi connectivity index (χ3n) is 11.0. The van der Waals surface area contributed by atoms with Gasteiger partial charge in [0.1, 0.15) is 11.0 Å². The number of hydrogen-bond donors (Lipinski definition) is 0. The van der Waals surface area contributed by atoms with Gasteiger partial charge in [0.05, 0.1) is 22.1 Å². The van der Waals surface area contributed by atoms with E-state index in [1.54, 1.807) is 0 Å². The molecule has 0 fully saturated rings. The van der Waals surface area contributed by atoms with Crippen LogP contribution in [0.15, 0.2) is 191 Å². The van der Waals surface area contributed by atoms with Gasteiger partial charge in [-0.05, 0) is 108 Å². The molecule has 12 aromatic rings. The molecule has 0 bridgehead atoms. The molecule has 0 aliphatic carbocycles. The number of hydrogen-bond acceptors (Lipinski definition) is 4. The molecule has 0 spiro atoms. The smallest absolute Gasteiger partial charge is 0.227 e. The number of benzene rings is 8. The van der Waals surface area contributed by atoms with Gasteiger partial charge in [-0.2, -0.15) is 0 Å². The number of rotatable bonds is 5. The predicted octanol–water partition coefficient (Wildman–Crippen LogP) is 13.2. The zero-order valence-corrected chi connectivity index (χ0v) is 29.9. The standard InChI is InChI=1S/C50H30N4O2/c1-5-13-43-37(9-1)38-10-2-6-14-44(38)53(43)35-23-17-31(18-24-35)32-19-25-36(26-20-32)54-45-27-21-33(49-51-41-11-3-7-15-47(41)55-49)29-39(45)40-30-34(22-28-46(40)54)50-52-42-12-4-8-16-48(42)56-50/h1-30H. The van der Waals surface area contributed by atoms with Gasteiger partial charge in [-0.15, -0.1) is 0 Å². The van der Waals surface area contributed by atoms with Crippen molar-refractivity contribution in [1.82, 2.24) is 19.1 Å². The SMILES string of the molecule is c1ccc2oc(-c3ccc4c(c3)c3cc(-c5nc6ccccc6o5)ccc3n4-c3ccc(-c4ccc(-n5c6ccccc6c6ccccc65)cc4)cc3)nc2c1. The molecule has 0 radical (unpaired) electrons. The van der Waals surface area contributed by atoms with Crippen molar-refractivity contribution >= 4 is 65.8 Å².